The van der Waals surface area contributed by atoms with Gasteiger partial charge < -0.3 is 4.74 Å². The summed E-state index contributed by atoms with van der Waals surface area (Å²) in [5, 5.41) is 18.3. The first-order valence-corrected chi connectivity index (χ1v) is 8.17. The minimum Gasteiger partial charge on any atom is -0.489 e. The maximum absolute atomic E-state index is 9.42. The lowest BCUT2D eigenvalue weighted by Crippen LogP contribution is -1.94. The van der Waals surface area contributed by atoms with Gasteiger partial charge in [0, 0.05) is 0 Å². The van der Waals surface area contributed by atoms with E-state index in [4.69, 9.17) is 10.00 Å². The van der Waals surface area contributed by atoms with E-state index >= 15 is 0 Å². The van der Waals surface area contributed by atoms with Crippen molar-refractivity contribution in [2.75, 3.05) is 0 Å². The molecule has 0 aliphatic rings. The predicted molar refractivity (Wildman–Crippen MR) is 102 cm³/mol. The zero-order valence-electron chi connectivity index (χ0n) is 14.1. The van der Waals surface area contributed by atoms with E-state index in [-0.39, 0.29) is 0 Å². The number of hydrogen-bond acceptors (Lipinski definition) is 3. The first-order valence-electron chi connectivity index (χ1n) is 8.17. The van der Waals surface area contributed by atoms with Crippen LogP contribution in [-0.4, -0.2) is 0 Å². The van der Waals surface area contributed by atoms with Crippen molar-refractivity contribution in [1.29, 1.82) is 10.5 Å². The Morgan fingerprint density at radius 1 is 0.846 bits per heavy atom. The highest BCUT2D eigenvalue weighted by molar-refractivity contribution is 5.89. The Balaban J connectivity index is 1.71. The monoisotopic (exact) mass is 336 g/mol. The molecule has 0 atom stereocenters. The molecule has 0 saturated heterocycles. The third-order valence-corrected chi connectivity index (χ3v) is 3.88. The third kappa shape index (κ3) is 4.38. The van der Waals surface area contributed by atoms with E-state index in [0.717, 1.165) is 22.4 Å². The van der Waals surface area contributed by atoms with Gasteiger partial charge in [0.05, 0.1) is 23.3 Å². The van der Waals surface area contributed by atoms with E-state index in [2.05, 4.69) is 12.1 Å². The van der Waals surface area contributed by atoms with E-state index in [9.17, 15) is 5.26 Å². The summed E-state index contributed by atoms with van der Waals surface area (Å²) in [4.78, 5) is 0. The second-order valence-electron chi connectivity index (χ2n) is 5.70. The Labute approximate surface area is 153 Å². The van der Waals surface area contributed by atoms with Gasteiger partial charge in [0.15, 0.2) is 0 Å². The molecule has 0 amide bonds. The highest BCUT2D eigenvalue weighted by atomic mass is 16.5. The quantitative estimate of drug-likeness (QED) is 0.475. The Kier molecular flexibility index (Phi) is 5.45. The van der Waals surface area contributed by atoms with Crippen LogP contribution in [-0.2, 0) is 6.61 Å². The van der Waals surface area contributed by atoms with Crippen molar-refractivity contribution >= 4 is 11.6 Å². The summed E-state index contributed by atoms with van der Waals surface area (Å²) in [6.07, 6.45) is 1.82. The SMILES string of the molecule is N#C/C(=C/c1ccc(OCc2ccccc2)cc1)c1ccc(C#N)cc1. The molecule has 26 heavy (non-hydrogen) atoms. The summed E-state index contributed by atoms with van der Waals surface area (Å²) in [7, 11) is 0. The zero-order chi connectivity index (χ0) is 18.2. The second-order valence-corrected chi connectivity index (χ2v) is 5.70. The van der Waals surface area contributed by atoms with Gasteiger partial charge >= 0.3 is 0 Å². The van der Waals surface area contributed by atoms with E-state index in [1.165, 1.54) is 0 Å². The van der Waals surface area contributed by atoms with Crippen LogP contribution in [0.25, 0.3) is 11.6 Å². The number of nitrogens with zero attached hydrogens (tertiary/aromatic N) is 2. The standard InChI is InChI=1S/C23H16N2O/c24-15-19-6-10-21(11-7-19)22(16-25)14-18-8-12-23(13-9-18)26-17-20-4-2-1-3-5-20/h1-14H,17H2/b22-14-. The lowest BCUT2D eigenvalue weighted by Gasteiger charge is -2.06. The molecule has 0 heterocycles. The molecule has 0 aromatic heterocycles. The molecule has 3 aromatic rings. The molecule has 3 rings (SSSR count). The third-order valence-electron chi connectivity index (χ3n) is 3.88. The van der Waals surface area contributed by atoms with Gasteiger partial charge in [0.2, 0.25) is 0 Å². The molecule has 124 valence electrons. The Morgan fingerprint density at radius 2 is 1.54 bits per heavy atom. The fourth-order valence-corrected chi connectivity index (χ4v) is 2.47. The largest absolute Gasteiger partial charge is 0.489 e. The summed E-state index contributed by atoms with van der Waals surface area (Å²) >= 11 is 0. The van der Waals surface area contributed by atoms with E-state index in [1.54, 1.807) is 24.3 Å². The van der Waals surface area contributed by atoms with E-state index in [1.807, 2.05) is 60.7 Å². The normalized spacial score (nSPS) is 10.6. The van der Waals surface area contributed by atoms with Crippen LogP contribution in [0.4, 0.5) is 0 Å². The molecule has 0 aliphatic carbocycles. The van der Waals surface area contributed by atoms with Gasteiger partial charge in [-0.1, -0.05) is 54.6 Å². The highest BCUT2D eigenvalue weighted by Gasteiger charge is 2.02. The molecular formula is C23H16N2O. The van der Waals surface area contributed by atoms with Crippen LogP contribution >= 0.6 is 0 Å². The van der Waals surface area contributed by atoms with E-state index in [0.29, 0.717) is 17.7 Å². The van der Waals surface area contributed by atoms with Crippen molar-refractivity contribution in [2.45, 2.75) is 6.61 Å². The zero-order valence-corrected chi connectivity index (χ0v) is 14.1. The molecule has 0 spiro atoms. The van der Waals surface area contributed by atoms with Crippen LogP contribution in [0.2, 0.25) is 0 Å². The van der Waals surface area contributed by atoms with Gasteiger partial charge in [-0.05, 0) is 47.0 Å². The first kappa shape index (κ1) is 17.0. The highest BCUT2D eigenvalue weighted by Crippen LogP contribution is 2.20. The first-order chi connectivity index (χ1) is 12.8. The van der Waals surface area contributed by atoms with Gasteiger partial charge in [0.1, 0.15) is 12.4 Å². The Bertz CT molecular complexity index is 974. The molecule has 0 N–H and O–H groups in total. The molecule has 0 saturated carbocycles. The summed E-state index contributed by atoms with van der Waals surface area (Å²) in [5.74, 6) is 0.780. The van der Waals surface area contributed by atoms with Crippen molar-refractivity contribution in [1.82, 2.24) is 0 Å². The van der Waals surface area contributed by atoms with Gasteiger partial charge in [0.25, 0.3) is 0 Å². The number of allylic oxidation sites excluding steroid dienone is 1. The summed E-state index contributed by atoms with van der Waals surface area (Å²) in [6.45, 7) is 0.519. The average molecular weight is 336 g/mol. The smallest absolute Gasteiger partial charge is 0.119 e. The van der Waals surface area contributed by atoms with Crippen LogP contribution in [0.5, 0.6) is 5.75 Å². The summed E-state index contributed by atoms with van der Waals surface area (Å²) in [6, 6.07) is 28.9. The van der Waals surface area contributed by atoms with Crippen molar-refractivity contribution in [3.05, 3.63) is 101 Å². The molecule has 3 aromatic carbocycles. The van der Waals surface area contributed by atoms with Gasteiger partial charge in [-0.25, -0.2) is 0 Å². The fraction of sp³-hybridized carbons (Fsp3) is 0.0435. The maximum atomic E-state index is 9.42. The van der Waals surface area contributed by atoms with Crippen LogP contribution in [0.1, 0.15) is 22.3 Å². The number of benzene rings is 3. The fourth-order valence-electron chi connectivity index (χ4n) is 2.47. The molecule has 3 nitrogen and oxygen atoms in total. The van der Waals surface area contributed by atoms with Crippen molar-refractivity contribution in [3.8, 4) is 17.9 Å². The van der Waals surface area contributed by atoms with E-state index < -0.39 is 0 Å². The number of rotatable bonds is 5. The minimum absolute atomic E-state index is 0.519. The van der Waals surface area contributed by atoms with Crippen LogP contribution in [0.3, 0.4) is 0 Å². The maximum Gasteiger partial charge on any atom is 0.119 e. The number of nitriles is 2. The molecular weight excluding hydrogens is 320 g/mol. The molecule has 0 fully saturated rings. The van der Waals surface area contributed by atoms with Crippen LogP contribution in [0.15, 0.2) is 78.9 Å². The van der Waals surface area contributed by atoms with Crippen molar-refractivity contribution in [2.24, 2.45) is 0 Å². The van der Waals surface area contributed by atoms with Gasteiger partial charge in [-0.2, -0.15) is 10.5 Å². The molecule has 0 radical (unpaired) electrons. The molecule has 3 heteroatoms. The number of ether oxygens (including phenoxy) is 1. The Hall–Kier alpha value is -3.82. The average Bonchev–Trinajstić information content (AvgIpc) is 2.72. The lowest BCUT2D eigenvalue weighted by molar-refractivity contribution is 0.306. The molecule has 0 aliphatic heterocycles. The van der Waals surface area contributed by atoms with Crippen molar-refractivity contribution in [3.63, 3.8) is 0 Å². The molecule has 0 bridgehead atoms. The molecule has 0 unspecified atom stereocenters. The van der Waals surface area contributed by atoms with Crippen molar-refractivity contribution < 1.29 is 4.74 Å². The van der Waals surface area contributed by atoms with Crippen LogP contribution < -0.4 is 4.74 Å². The topological polar surface area (TPSA) is 56.8 Å². The van der Waals surface area contributed by atoms with Gasteiger partial charge in [-0.15, -0.1) is 0 Å². The predicted octanol–water partition coefficient (Wildman–Crippen LogP) is 5.20. The lowest BCUT2D eigenvalue weighted by atomic mass is 10.0. The second kappa shape index (κ2) is 8.33. The minimum atomic E-state index is 0.519. The Morgan fingerprint density at radius 3 is 2.15 bits per heavy atom. The van der Waals surface area contributed by atoms with Crippen LogP contribution in [0, 0.1) is 22.7 Å². The number of hydrogen-bond donors (Lipinski definition) is 0. The summed E-state index contributed by atoms with van der Waals surface area (Å²) < 4.78 is 5.77. The summed E-state index contributed by atoms with van der Waals surface area (Å²) in [5.41, 5.74) is 3.94. The van der Waals surface area contributed by atoms with Gasteiger partial charge in [-0.3, -0.25) is 0 Å².